The molecule has 0 atom stereocenters. The number of nitrogens with zero attached hydrogens (tertiary/aromatic N) is 1. The summed E-state index contributed by atoms with van der Waals surface area (Å²) >= 11 is 0.625. The second-order valence-electron chi connectivity index (χ2n) is 7.68. The number of carbonyl (C=O) groups is 4. The number of thioether (sulfide) groups is 1. The smallest absolute Gasteiger partial charge is 0.294 e. The quantitative estimate of drug-likeness (QED) is 0.417. The van der Waals surface area contributed by atoms with Gasteiger partial charge in [-0.05, 0) is 48.2 Å². The molecule has 4 rings (SSSR count). The number of rotatable bonds is 8. The molecule has 0 aliphatic carbocycles. The number of amides is 4. The van der Waals surface area contributed by atoms with E-state index in [9.17, 15) is 28.0 Å². The number of benzene rings is 3. The minimum Gasteiger partial charge on any atom is -0.483 e. The molecule has 3 aromatic carbocycles. The summed E-state index contributed by atoms with van der Waals surface area (Å²) in [5.74, 6) is -3.43. The maximum Gasteiger partial charge on any atom is 0.294 e. The van der Waals surface area contributed by atoms with Crippen LogP contribution in [0.3, 0.4) is 0 Å². The minimum absolute atomic E-state index is 0.0375. The molecule has 3 aromatic rings. The van der Waals surface area contributed by atoms with Crippen LogP contribution in [-0.4, -0.2) is 41.0 Å². The first kappa shape index (κ1) is 25.6. The maximum atomic E-state index is 13.8. The number of para-hydroxylation sites is 2. The van der Waals surface area contributed by atoms with Crippen molar-refractivity contribution in [2.45, 2.75) is 0 Å². The molecule has 1 heterocycles. The second-order valence-corrected chi connectivity index (χ2v) is 8.67. The highest BCUT2D eigenvalue weighted by molar-refractivity contribution is 8.18. The van der Waals surface area contributed by atoms with Gasteiger partial charge in [0.2, 0.25) is 5.91 Å². The van der Waals surface area contributed by atoms with Crippen LogP contribution in [0.15, 0.2) is 77.7 Å². The van der Waals surface area contributed by atoms with Gasteiger partial charge in [-0.2, -0.15) is 0 Å². The Hall–Kier alpha value is -4.51. The Bertz CT molecular complexity index is 1400. The predicted octanol–water partition coefficient (Wildman–Crippen LogP) is 4.66. The average Bonchev–Trinajstić information content (AvgIpc) is 3.13. The molecular formula is C26H19F2N3O5S. The SMILES string of the molecule is O=C(COc1ccccc1/C=C1/SC(=O)N(CC(=O)Nc2ccc(F)cc2F)C1=O)Nc1ccccc1. The Kier molecular flexibility index (Phi) is 7.94. The second kappa shape index (κ2) is 11.5. The van der Waals surface area contributed by atoms with Crippen LogP contribution in [0.25, 0.3) is 6.08 Å². The summed E-state index contributed by atoms with van der Waals surface area (Å²) < 4.78 is 32.5. The van der Waals surface area contributed by atoms with Gasteiger partial charge in [0.15, 0.2) is 6.61 Å². The van der Waals surface area contributed by atoms with Crippen molar-refractivity contribution in [1.29, 1.82) is 0 Å². The molecule has 1 saturated heterocycles. The molecule has 0 bridgehead atoms. The van der Waals surface area contributed by atoms with Crippen molar-refractivity contribution < 1.29 is 32.7 Å². The first-order chi connectivity index (χ1) is 17.8. The number of hydrogen-bond acceptors (Lipinski definition) is 6. The van der Waals surface area contributed by atoms with E-state index < -0.39 is 35.2 Å². The summed E-state index contributed by atoms with van der Waals surface area (Å²) in [6.07, 6.45) is 1.42. The number of anilines is 2. The Morgan fingerprint density at radius 2 is 1.65 bits per heavy atom. The van der Waals surface area contributed by atoms with E-state index >= 15 is 0 Å². The van der Waals surface area contributed by atoms with Crippen molar-refractivity contribution in [3.05, 3.63) is 94.9 Å². The molecule has 188 valence electrons. The van der Waals surface area contributed by atoms with E-state index in [-0.39, 0.29) is 23.1 Å². The van der Waals surface area contributed by atoms with E-state index in [4.69, 9.17) is 4.74 Å². The molecule has 0 spiro atoms. The van der Waals surface area contributed by atoms with Crippen LogP contribution >= 0.6 is 11.8 Å². The zero-order chi connectivity index (χ0) is 26.4. The van der Waals surface area contributed by atoms with Crippen LogP contribution in [0, 0.1) is 11.6 Å². The molecule has 2 N–H and O–H groups in total. The molecule has 1 fully saturated rings. The molecule has 8 nitrogen and oxygen atoms in total. The molecule has 1 aliphatic heterocycles. The maximum absolute atomic E-state index is 13.8. The van der Waals surface area contributed by atoms with Crippen LogP contribution in [0.2, 0.25) is 0 Å². The number of imide groups is 1. The third-order valence-electron chi connectivity index (χ3n) is 5.00. The molecule has 37 heavy (non-hydrogen) atoms. The lowest BCUT2D eigenvalue weighted by molar-refractivity contribution is -0.127. The first-order valence-electron chi connectivity index (χ1n) is 10.9. The van der Waals surface area contributed by atoms with Gasteiger partial charge in [0.25, 0.3) is 17.1 Å². The molecule has 0 unspecified atom stereocenters. The Morgan fingerprint density at radius 3 is 2.41 bits per heavy atom. The summed E-state index contributed by atoms with van der Waals surface area (Å²) in [5.41, 5.74) is 0.777. The fraction of sp³-hybridized carbons (Fsp3) is 0.0769. The highest BCUT2D eigenvalue weighted by Crippen LogP contribution is 2.34. The van der Waals surface area contributed by atoms with Crippen molar-refractivity contribution in [2.24, 2.45) is 0 Å². The molecule has 11 heteroatoms. The summed E-state index contributed by atoms with van der Waals surface area (Å²) in [7, 11) is 0. The zero-order valence-corrected chi connectivity index (χ0v) is 19.9. The highest BCUT2D eigenvalue weighted by Gasteiger charge is 2.36. The average molecular weight is 524 g/mol. The van der Waals surface area contributed by atoms with Gasteiger partial charge in [0.05, 0.1) is 10.6 Å². The van der Waals surface area contributed by atoms with Crippen molar-refractivity contribution in [3.63, 3.8) is 0 Å². The molecule has 0 saturated carbocycles. The standard InChI is InChI=1S/C26H19F2N3O5S/c27-17-10-11-20(19(28)13-17)30-23(32)14-31-25(34)22(37-26(31)35)12-16-6-4-5-9-21(16)36-15-24(33)29-18-7-2-1-3-8-18/h1-13H,14-15H2,(H,29,33)(H,30,32)/b22-12+. The van der Waals surface area contributed by atoms with Gasteiger partial charge in [0.1, 0.15) is 23.9 Å². The van der Waals surface area contributed by atoms with Crippen LogP contribution in [0.4, 0.5) is 25.0 Å². The molecular weight excluding hydrogens is 504 g/mol. The van der Waals surface area contributed by atoms with Gasteiger partial charge in [-0.1, -0.05) is 36.4 Å². The van der Waals surface area contributed by atoms with E-state index in [1.165, 1.54) is 6.08 Å². The van der Waals surface area contributed by atoms with Crippen LogP contribution in [0.5, 0.6) is 5.75 Å². The topological polar surface area (TPSA) is 105 Å². The normalized spacial score (nSPS) is 14.1. The Labute approximate surface area is 214 Å². The molecule has 1 aliphatic rings. The van der Waals surface area contributed by atoms with Crippen molar-refractivity contribution in [1.82, 2.24) is 4.90 Å². The molecule has 4 amide bonds. The lowest BCUT2D eigenvalue weighted by Gasteiger charge is -2.13. The van der Waals surface area contributed by atoms with Gasteiger partial charge in [-0.15, -0.1) is 0 Å². The van der Waals surface area contributed by atoms with Crippen LogP contribution < -0.4 is 15.4 Å². The number of halogens is 2. The summed E-state index contributed by atoms with van der Waals surface area (Å²) in [4.78, 5) is 50.5. The minimum atomic E-state index is -0.989. The Balaban J connectivity index is 1.40. The van der Waals surface area contributed by atoms with E-state index in [1.54, 1.807) is 48.5 Å². The number of hydrogen-bond donors (Lipinski definition) is 2. The largest absolute Gasteiger partial charge is 0.483 e. The fourth-order valence-corrected chi connectivity index (χ4v) is 4.12. The number of ether oxygens (including phenoxy) is 1. The van der Waals surface area contributed by atoms with E-state index in [2.05, 4.69) is 10.6 Å². The first-order valence-corrected chi connectivity index (χ1v) is 11.7. The number of carbonyl (C=O) groups excluding carboxylic acids is 4. The van der Waals surface area contributed by atoms with E-state index in [1.807, 2.05) is 6.07 Å². The monoisotopic (exact) mass is 523 g/mol. The van der Waals surface area contributed by atoms with Gasteiger partial charge in [-0.25, -0.2) is 8.78 Å². The van der Waals surface area contributed by atoms with Gasteiger partial charge < -0.3 is 15.4 Å². The van der Waals surface area contributed by atoms with Gasteiger partial charge in [0, 0.05) is 17.3 Å². The predicted molar refractivity (Wildman–Crippen MR) is 135 cm³/mol. The van der Waals surface area contributed by atoms with Crippen LogP contribution in [0.1, 0.15) is 5.56 Å². The summed E-state index contributed by atoms with van der Waals surface area (Å²) in [6, 6.07) is 18.1. The third-order valence-corrected chi connectivity index (χ3v) is 5.91. The van der Waals surface area contributed by atoms with E-state index in [0.717, 1.165) is 12.1 Å². The number of nitrogens with one attached hydrogen (secondary N) is 2. The summed E-state index contributed by atoms with van der Waals surface area (Å²) in [5, 5.41) is 4.22. The highest BCUT2D eigenvalue weighted by atomic mass is 32.2. The van der Waals surface area contributed by atoms with Crippen molar-refractivity contribution >= 4 is 52.2 Å². The van der Waals surface area contributed by atoms with Crippen LogP contribution in [-0.2, 0) is 14.4 Å². The lowest BCUT2D eigenvalue weighted by atomic mass is 10.2. The van der Waals surface area contributed by atoms with E-state index in [0.29, 0.717) is 39.7 Å². The molecule has 0 aromatic heterocycles. The zero-order valence-electron chi connectivity index (χ0n) is 19.1. The van der Waals surface area contributed by atoms with Gasteiger partial charge in [-0.3, -0.25) is 24.1 Å². The van der Waals surface area contributed by atoms with Gasteiger partial charge >= 0.3 is 0 Å². The third kappa shape index (κ3) is 6.58. The lowest BCUT2D eigenvalue weighted by Crippen LogP contribution is -2.36. The summed E-state index contributed by atoms with van der Waals surface area (Å²) in [6.45, 7) is -0.946. The van der Waals surface area contributed by atoms with Crippen molar-refractivity contribution in [2.75, 3.05) is 23.8 Å². The Morgan fingerprint density at radius 1 is 0.919 bits per heavy atom. The fourth-order valence-electron chi connectivity index (χ4n) is 3.29. The molecule has 0 radical (unpaired) electrons. The van der Waals surface area contributed by atoms with Crippen molar-refractivity contribution in [3.8, 4) is 5.75 Å².